The Morgan fingerprint density at radius 3 is 2.64 bits per heavy atom. The highest BCUT2D eigenvalue weighted by Crippen LogP contribution is 2.28. The lowest BCUT2D eigenvalue weighted by atomic mass is 10.0. The first-order valence-corrected chi connectivity index (χ1v) is 9.38. The zero-order valence-electron chi connectivity index (χ0n) is 15.1. The van der Waals surface area contributed by atoms with Crippen LogP contribution in [-0.4, -0.2) is 25.3 Å². The first kappa shape index (κ1) is 20.0. The third-order valence-electron chi connectivity index (χ3n) is 3.87. The average Bonchev–Trinajstić information content (AvgIpc) is 2.69. The van der Waals surface area contributed by atoms with Crippen LogP contribution in [0.25, 0.3) is 10.8 Å². The number of nitrogens with zero attached hydrogens (tertiary/aromatic N) is 1. The zero-order valence-corrected chi connectivity index (χ0v) is 16.6. The lowest BCUT2D eigenvalue weighted by Crippen LogP contribution is -2.24. The Hall–Kier alpha value is -2.76. The fourth-order valence-electron chi connectivity index (χ4n) is 2.63. The SMILES string of the molecule is CCOc1ccc2ccccc2c1/C=N/NC(=O)COc1ccc(Cl)cc1Cl. The number of hydrogen-bond donors (Lipinski definition) is 1. The van der Waals surface area contributed by atoms with Crippen LogP contribution in [0, 0.1) is 0 Å². The number of carbonyl (C=O) groups excluding carboxylic acids is 1. The van der Waals surface area contributed by atoms with Gasteiger partial charge in [0.2, 0.25) is 0 Å². The number of benzene rings is 3. The van der Waals surface area contributed by atoms with Crippen molar-refractivity contribution < 1.29 is 14.3 Å². The van der Waals surface area contributed by atoms with Crippen molar-refractivity contribution in [1.29, 1.82) is 0 Å². The molecule has 0 aliphatic carbocycles. The predicted molar refractivity (Wildman–Crippen MR) is 113 cm³/mol. The molecular formula is C21H18Cl2N2O3. The summed E-state index contributed by atoms with van der Waals surface area (Å²) in [6.07, 6.45) is 1.57. The number of fused-ring (bicyclic) bond motifs is 1. The van der Waals surface area contributed by atoms with Crippen LogP contribution < -0.4 is 14.9 Å². The molecule has 28 heavy (non-hydrogen) atoms. The molecule has 1 amide bonds. The van der Waals surface area contributed by atoms with E-state index in [1.54, 1.807) is 24.4 Å². The van der Waals surface area contributed by atoms with Gasteiger partial charge in [0.1, 0.15) is 11.5 Å². The molecule has 0 unspecified atom stereocenters. The molecule has 0 saturated carbocycles. The third kappa shape index (κ3) is 4.94. The summed E-state index contributed by atoms with van der Waals surface area (Å²) in [6.45, 7) is 2.21. The van der Waals surface area contributed by atoms with E-state index < -0.39 is 5.91 Å². The van der Waals surface area contributed by atoms with Gasteiger partial charge < -0.3 is 9.47 Å². The van der Waals surface area contributed by atoms with Gasteiger partial charge in [-0.2, -0.15) is 5.10 Å². The number of hydrazone groups is 1. The summed E-state index contributed by atoms with van der Waals surface area (Å²) in [4.78, 5) is 12.0. The van der Waals surface area contributed by atoms with Gasteiger partial charge in [-0.25, -0.2) is 5.43 Å². The van der Waals surface area contributed by atoms with Crippen LogP contribution in [0.1, 0.15) is 12.5 Å². The molecule has 0 atom stereocenters. The summed E-state index contributed by atoms with van der Waals surface area (Å²) in [5.74, 6) is 0.654. The molecule has 144 valence electrons. The van der Waals surface area contributed by atoms with Gasteiger partial charge in [0.05, 0.1) is 17.8 Å². The third-order valence-corrected chi connectivity index (χ3v) is 4.40. The largest absolute Gasteiger partial charge is 0.493 e. The molecule has 0 fully saturated rings. The fraction of sp³-hybridized carbons (Fsp3) is 0.143. The molecule has 7 heteroatoms. The van der Waals surface area contributed by atoms with Gasteiger partial charge in [-0.3, -0.25) is 4.79 Å². The van der Waals surface area contributed by atoms with E-state index in [1.165, 1.54) is 0 Å². The van der Waals surface area contributed by atoms with Crippen LogP contribution >= 0.6 is 23.2 Å². The van der Waals surface area contributed by atoms with Gasteiger partial charge in [-0.1, -0.05) is 53.5 Å². The van der Waals surface area contributed by atoms with Crippen molar-refractivity contribution in [3.63, 3.8) is 0 Å². The Labute approximate surface area is 172 Å². The number of rotatable bonds is 7. The summed E-state index contributed by atoms with van der Waals surface area (Å²) in [5.41, 5.74) is 3.24. The number of amides is 1. The van der Waals surface area contributed by atoms with Gasteiger partial charge in [0.25, 0.3) is 5.91 Å². The maximum atomic E-state index is 12.0. The second-order valence-electron chi connectivity index (χ2n) is 5.79. The van der Waals surface area contributed by atoms with Crippen molar-refractivity contribution >= 4 is 46.1 Å². The average molecular weight is 417 g/mol. The fourth-order valence-corrected chi connectivity index (χ4v) is 3.09. The van der Waals surface area contributed by atoms with Crippen molar-refractivity contribution in [3.05, 3.63) is 70.2 Å². The van der Waals surface area contributed by atoms with E-state index in [1.807, 2.05) is 43.3 Å². The monoisotopic (exact) mass is 416 g/mol. The van der Waals surface area contributed by atoms with E-state index >= 15 is 0 Å². The Bertz CT molecular complexity index is 1020. The standard InChI is InChI=1S/C21H18Cl2N2O3/c1-2-27-19-9-7-14-5-3-4-6-16(14)17(19)12-24-25-21(26)13-28-20-10-8-15(22)11-18(20)23/h3-12H,2,13H2,1H3,(H,25,26)/b24-12+. The molecule has 0 spiro atoms. The van der Waals surface area contributed by atoms with Crippen molar-refractivity contribution in [2.24, 2.45) is 5.10 Å². The first-order valence-electron chi connectivity index (χ1n) is 8.62. The second-order valence-corrected chi connectivity index (χ2v) is 6.63. The number of ether oxygens (including phenoxy) is 2. The van der Waals surface area contributed by atoms with Crippen molar-refractivity contribution in [3.8, 4) is 11.5 Å². The van der Waals surface area contributed by atoms with Crippen LogP contribution in [0.5, 0.6) is 11.5 Å². The van der Waals surface area contributed by atoms with E-state index in [9.17, 15) is 4.79 Å². The minimum absolute atomic E-state index is 0.230. The minimum atomic E-state index is -0.416. The van der Waals surface area contributed by atoms with Gasteiger partial charge >= 0.3 is 0 Å². The predicted octanol–water partition coefficient (Wildman–Crippen LogP) is 5.07. The summed E-state index contributed by atoms with van der Waals surface area (Å²) in [7, 11) is 0. The molecule has 0 bridgehead atoms. The molecule has 0 saturated heterocycles. The highest BCUT2D eigenvalue weighted by Gasteiger charge is 2.08. The van der Waals surface area contributed by atoms with Crippen LogP contribution in [0.2, 0.25) is 10.0 Å². The maximum Gasteiger partial charge on any atom is 0.277 e. The molecule has 3 aromatic carbocycles. The van der Waals surface area contributed by atoms with Crippen molar-refractivity contribution in [2.45, 2.75) is 6.92 Å². The summed E-state index contributed by atoms with van der Waals surface area (Å²) in [5, 5.41) is 6.91. The van der Waals surface area contributed by atoms with Crippen LogP contribution in [0.15, 0.2) is 59.7 Å². The van der Waals surface area contributed by atoms with Crippen molar-refractivity contribution in [2.75, 3.05) is 13.2 Å². The summed E-state index contributed by atoms with van der Waals surface area (Å²) < 4.78 is 11.1. The minimum Gasteiger partial charge on any atom is -0.493 e. The quantitative estimate of drug-likeness (QED) is 0.431. The number of halogens is 2. The molecule has 0 aliphatic heterocycles. The first-order chi connectivity index (χ1) is 13.6. The van der Waals surface area contributed by atoms with Gasteiger partial charge in [-0.15, -0.1) is 0 Å². The van der Waals surface area contributed by atoms with Gasteiger partial charge in [0, 0.05) is 10.6 Å². The molecule has 3 aromatic rings. The zero-order chi connectivity index (χ0) is 19.9. The molecule has 1 N–H and O–H groups in total. The maximum absolute atomic E-state index is 12.0. The van der Waals surface area contributed by atoms with Crippen LogP contribution in [0.3, 0.4) is 0 Å². The lowest BCUT2D eigenvalue weighted by Gasteiger charge is -2.10. The van der Waals surface area contributed by atoms with E-state index in [0.29, 0.717) is 28.2 Å². The second kappa shape index (κ2) is 9.44. The lowest BCUT2D eigenvalue weighted by molar-refractivity contribution is -0.123. The smallest absolute Gasteiger partial charge is 0.277 e. The number of carbonyl (C=O) groups is 1. The highest BCUT2D eigenvalue weighted by molar-refractivity contribution is 6.35. The Balaban J connectivity index is 1.68. The van der Waals surface area contributed by atoms with Gasteiger partial charge in [0.15, 0.2) is 6.61 Å². The van der Waals surface area contributed by atoms with E-state index in [2.05, 4.69) is 10.5 Å². The van der Waals surface area contributed by atoms with E-state index in [4.69, 9.17) is 32.7 Å². The van der Waals surface area contributed by atoms with Crippen molar-refractivity contribution in [1.82, 2.24) is 5.43 Å². The summed E-state index contributed by atoms with van der Waals surface area (Å²) in [6, 6.07) is 16.5. The van der Waals surface area contributed by atoms with E-state index in [0.717, 1.165) is 16.3 Å². The molecule has 3 rings (SSSR count). The molecule has 0 aliphatic rings. The summed E-state index contributed by atoms with van der Waals surface area (Å²) >= 11 is 11.8. The molecule has 0 heterocycles. The number of nitrogens with one attached hydrogen (secondary N) is 1. The Morgan fingerprint density at radius 2 is 1.86 bits per heavy atom. The van der Waals surface area contributed by atoms with Crippen LogP contribution in [0.4, 0.5) is 0 Å². The highest BCUT2D eigenvalue weighted by atomic mass is 35.5. The molecule has 0 aromatic heterocycles. The van der Waals surface area contributed by atoms with E-state index in [-0.39, 0.29) is 6.61 Å². The molecule has 0 radical (unpaired) electrons. The Morgan fingerprint density at radius 1 is 1.07 bits per heavy atom. The molecular weight excluding hydrogens is 399 g/mol. The topological polar surface area (TPSA) is 59.9 Å². The molecule has 5 nitrogen and oxygen atoms in total. The normalized spacial score (nSPS) is 11.0. The Kier molecular flexibility index (Phi) is 6.74. The number of hydrogen-bond acceptors (Lipinski definition) is 4. The van der Waals surface area contributed by atoms with Crippen LogP contribution in [-0.2, 0) is 4.79 Å². The van der Waals surface area contributed by atoms with Gasteiger partial charge in [-0.05, 0) is 42.0 Å².